The standard InChI is InChI=1S/C16H24N2O/c1-11-6-7-14(13(3)12(11)2)15(19)18-9-8-17-16(4,5)10-18/h6-7,17H,8-10H2,1-5H3. The molecule has 2 rings (SSSR count). The predicted molar refractivity (Wildman–Crippen MR) is 78.6 cm³/mol. The monoisotopic (exact) mass is 260 g/mol. The van der Waals surface area contributed by atoms with Crippen LogP contribution in [0.4, 0.5) is 0 Å². The van der Waals surface area contributed by atoms with Crippen molar-refractivity contribution < 1.29 is 4.79 Å². The number of rotatable bonds is 1. The molecule has 1 aromatic rings. The predicted octanol–water partition coefficient (Wildman–Crippen LogP) is 2.44. The molecular weight excluding hydrogens is 236 g/mol. The van der Waals surface area contributed by atoms with Crippen molar-refractivity contribution in [2.24, 2.45) is 0 Å². The van der Waals surface area contributed by atoms with E-state index in [0.29, 0.717) is 0 Å². The number of hydrogen-bond donors (Lipinski definition) is 1. The second-order valence-corrected chi connectivity index (χ2v) is 6.22. The van der Waals surface area contributed by atoms with Gasteiger partial charge in [-0.1, -0.05) is 6.07 Å². The van der Waals surface area contributed by atoms with Gasteiger partial charge >= 0.3 is 0 Å². The van der Waals surface area contributed by atoms with E-state index in [-0.39, 0.29) is 11.4 Å². The molecule has 1 fully saturated rings. The van der Waals surface area contributed by atoms with Crippen LogP contribution in [0.15, 0.2) is 12.1 Å². The Morgan fingerprint density at radius 2 is 1.89 bits per heavy atom. The lowest BCUT2D eigenvalue weighted by Crippen LogP contribution is -2.58. The summed E-state index contributed by atoms with van der Waals surface area (Å²) in [6, 6.07) is 4.01. The molecule has 1 aliphatic heterocycles. The quantitative estimate of drug-likeness (QED) is 0.841. The van der Waals surface area contributed by atoms with Gasteiger partial charge in [-0.15, -0.1) is 0 Å². The smallest absolute Gasteiger partial charge is 0.254 e. The zero-order chi connectivity index (χ0) is 14.2. The summed E-state index contributed by atoms with van der Waals surface area (Å²) in [7, 11) is 0. The highest BCUT2D eigenvalue weighted by atomic mass is 16.2. The van der Waals surface area contributed by atoms with Crippen LogP contribution in [0.2, 0.25) is 0 Å². The Bertz CT molecular complexity index is 506. The second kappa shape index (κ2) is 4.97. The highest BCUT2D eigenvalue weighted by Crippen LogP contribution is 2.20. The first-order valence-electron chi connectivity index (χ1n) is 6.93. The average molecular weight is 260 g/mol. The first-order chi connectivity index (χ1) is 8.82. The Kier molecular flexibility index (Phi) is 3.68. The average Bonchev–Trinajstić information content (AvgIpc) is 2.34. The molecule has 1 N–H and O–H groups in total. The summed E-state index contributed by atoms with van der Waals surface area (Å²) in [4.78, 5) is 14.6. The van der Waals surface area contributed by atoms with Crippen molar-refractivity contribution in [2.75, 3.05) is 19.6 Å². The molecule has 3 heteroatoms. The zero-order valence-electron chi connectivity index (χ0n) is 12.6. The van der Waals surface area contributed by atoms with E-state index in [0.717, 1.165) is 30.8 Å². The van der Waals surface area contributed by atoms with Crippen LogP contribution in [0.5, 0.6) is 0 Å². The van der Waals surface area contributed by atoms with E-state index in [4.69, 9.17) is 0 Å². The normalized spacial score (nSPS) is 18.5. The highest BCUT2D eigenvalue weighted by molar-refractivity contribution is 5.96. The van der Waals surface area contributed by atoms with Gasteiger partial charge in [0.1, 0.15) is 0 Å². The first-order valence-corrected chi connectivity index (χ1v) is 6.93. The molecular formula is C16H24N2O. The van der Waals surface area contributed by atoms with Gasteiger partial charge in [-0.2, -0.15) is 0 Å². The topological polar surface area (TPSA) is 32.3 Å². The van der Waals surface area contributed by atoms with Crippen LogP contribution in [0, 0.1) is 20.8 Å². The highest BCUT2D eigenvalue weighted by Gasteiger charge is 2.29. The number of amides is 1. The van der Waals surface area contributed by atoms with Crippen molar-refractivity contribution in [1.29, 1.82) is 0 Å². The number of hydrogen-bond acceptors (Lipinski definition) is 2. The summed E-state index contributed by atoms with van der Waals surface area (Å²) in [5, 5.41) is 3.44. The number of carbonyl (C=O) groups is 1. The molecule has 0 bridgehead atoms. The number of piperazine rings is 1. The molecule has 0 spiro atoms. The lowest BCUT2D eigenvalue weighted by atomic mass is 9.96. The van der Waals surface area contributed by atoms with Gasteiger partial charge < -0.3 is 10.2 Å². The van der Waals surface area contributed by atoms with Gasteiger partial charge in [-0.3, -0.25) is 4.79 Å². The van der Waals surface area contributed by atoms with Gasteiger partial charge in [0.05, 0.1) is 0 Å². The van der Waals surface area contributed by atoms with Crippen molar-refractivity contribution in [3.63, 3.8) is 0 Å². The minimum absolute atomic E-state index is 0.00154. The number of carbonyl (C=O) groups excluding carboxylic acids is 1. The maximum atomic E-state index is 12.7. The summed E-state index contributed by atoms with van der Waals surface area (Å²) in [6.45, 7) is 12.9. The van der Waals surface area contributed by atoms with Crippen molar-refractivity contribution in [3.8, 4) is 0 Å². The lowest BCUT2D eigenvalue weighted by Gasteiger charge is -2.39. The second-order valence-electron chi connectivity index (χ2n) is 6.22. The minimum Gasteiger partial charge on any atom is -0.336 e. The van der Waals surface area contributed by atoms with Crippen LogP contribution in [0.25, 0.3) is 0 Å². The number of benzene rings is 1. The lowest BCUT2D eigenvalue weighted by molar-refractivity contribution is 0.0651. The van der Waals surface area contributed by atoms with E-state index in [9.17, 15) is 4.79 Å². The SMILES string of the molecule is Cc1ccc(C(=O)N2CCNC(C)(C)C2)c(C)c1C. The summed E-state index contributed by atoms with van der Waals surface area (Å²) in [5.74, 6) is 0.162. The number of nitrogens with one attached hydrogen (secondary N) is 1. The summed E-state index contributed by atoms with van der Waals surface area (Å²) in [5.41, 5.74) is 4.43. The maximum absolute atomic E-state index is 12.7. The van der Waals surface area contributed by atoms with E-state index < -0.39 is 0 Å². The molecule has 0 aromatic heterocycles. The Morgan fingerprint density at radius 1 is 1.21 bits per heavy atom. The van der Waals surface area contributed by atoms with Crippen LogP contribution in [0.1, 0.15) is 40.9 Å². The summed E-state index contributed by atoms with van der Waals surface area (Å²) >= 11 is 0. The van der Waals surface area contributed by atoms with Crippen LogP contribution in [-0.4, -0.2) is 36.0 Å². The molecule has 1 aromatic carbocycles. The largest absolute Gasteiger partial charge is 0.336 e. The van der Waals surface area contributed by atoms with E-state index in [2.05, 4.69) is 33.0 Å². The molecule has 19 heavy (non-hydrogen) atoms. The molecule has 0 aliphatic carbocycles. The van der Waals surface area contributed by atoms with E-state index in [1.165, 1.54) is 11.1 Å². The molecule has 1 saturated heterocycles. The van der Waals surface area contributed by atoms with Gasteiger partial charge in [-0.05, 0) is 57.4 Å². The van der Waals surface area contributed by atoms with E-state index >= 15 is 0 Å². The van der Waals surface area contributed by atoms with Crippen molar-refractivity contribution >= 4 is 5.91 Å². The third-order valence-corrected chi connectivity index (χ3v) is 4.15. The molecule has 104 valence electrons. The van der Waals surface area contributed by atoms with Crippen molar-refractivity contribution in [1.82, 2.24) is 10.2 Å². The van der Waals surface area contributed by atoms with Gasteiger partial charge in [0.15, 0.2) is 0 Å². The molecule has 0 atom stereocenters. The zero-order valence-corrected chi connectivity index (χ0v) is 12.6. The van der Waals surface area contributed by atoms with E-state index in [1.807, 2.05) is 24.0 Å². The fourth-order valence-electron chi connectivity index (χ4n) is 2.67. The van der Waals surface area contributed by atoms with Gasteiger partial charge in [0, 0.05) is 30.7 Å². The van der Waals surface area contributed by atoms with Gasteiger partial charge in [0.2, 0.25) is 0 Å². The maximum Gasteiger partial charge on any atom is 0.254 e. The molecule has 3 nitrogen and oxygen atoms in total. The van der Waals surface area contributed by atoms with Crippen LogP contribution < -0.4 is 5.32 Å². The van der Waals surface area contributed by atoms with Gasteiger partial charge in [-0.25, -0.2) is 0 Å². The fraction of sp³-hybridized carbons (Fsp3) is 0.562. The first kappa shape index (κ1) is 14.1. The molecule has 1 amide bonds. The number of aryl methyl sites for hydroxylation is 1. The summed E-state index contributed by atoms with van der Waals surface area (Å²) < 4.78 is 0. The Balaban J connectivity index is 2.27. The van der Waals surface area contributed by atoms with Crippen LogP contribution in [0.3, 0.4) is 0 Å². The van der Waals surface area contributed by atoms with Crippen molar-refractivity contribution in [2.45, 2.75) is 40.2 Å². The van der Waals surface area contributed by atoms with E-state index in [1.54, 1.807) is 0 Å². The minimum atomic E-state index is 0.00154. The van der Waals surface area contributed by atoms with Crippen LogP contribution in [-0.2, 0) is 0 Å². The van der Waals surface area contributed by atoms with Crippen LogP contribution >= 0.6 is 0 Å². The molecule has 1 aliphatic rings. The fourth-order valence-corrected chi connectivity index (χ4v) is 2.67. The summed E-state index contributed by atoms with van der Waals surface area (Å²) in [6.07, 6.45) is 0. The molecule has 0 saturated carbocycles. The molecule has 0 unspecified atom stereocenters. The Hall–Kier alpha value is -1.35. The third kappa shape index (κ3) is 2.81. The van der Waals surface area contributed by atoms with Crippen molar-refractivity contribution in [3.05, 3.63) is 34.4 Å². The molecule has 0 radical (unpaired) electrons. The molecule has 1 heterocycles. The van der Waals surface area contributed by atoms with Gasteiger partial charge in [0.25, 0.3) is 5.91 Å². The Labute approximate surface area is 116 Å². The third-order valence-electron chi connectivity index (χ3n) is 4.15. The Morgan fingerprint density at radius 3 is 2.53 bits per heavy atom. The number of nitrogens with zero attached hydrogens (tertiary/aromatic N) is 1.